The van der Waals surface area contributed by atoms with Gasteiger partial charge in [0.25, 0.3) is 0 Å². The average molecular weight is 423 g/mol. The fraction of sp³-hybridized carbons (Fsp3) is 0.900. The summed E-state index contributed by atoms with van der Waals surface area (Å²) < 4.78 is 36.2. The zero-order valence-corrected chi connectivity index (χ0v) is 18.0. The van der Waals surface area contributed by atoms with Crippen LogP contribution in [0.25, 0.3) is 0 Å². The van der Waals surface area contributed by atoms with E-state index < -0.39 is 0 Å². The van der Waals surface area contributed by atoms with Crippen molar-refractivity contribution in [1.29, 1.82) is 0 Å². The van der Waals surface area contributed by atoms with Crippen LogP contribution < -0.4 is 0 Å². The lowest BCUT2D eigenvalue weighted by Gasteiger charge is -2.08. The molecular weight excluding hydrogens is 384 g/mol. The minimum Gasteiger partial charge on any atom is -0.469 e. The van der Waals surface area contributed by atoms with Crippen LogP contribution in [0.4, 0.5) is 0 Å². The van der Waals surface area contributed by atoms with Crippen LogP contribution in [0, 0.1) is 0 Å². The molecule has 0 aromatic rings. The predicted molar refractivity (Wildman–Crippen MR) is 106 cm³/mol. The van der Waals surface area contributed by atoms with Gasteiger partial charge in [0.1, 0.15) is 6.61 Å². The van der Waals surface area contributed by atoms with Crippen molar-refractivity contribution in [3.63, 3.8) is 0 Å². The zero-order chi connectivity index (χ0) is 21.4. The smallest absolute Gasteiger partial charge is 0.307 e. The van der Waals surface area contributed by atoms with Gasteiger partial charge < -0.3 is 33.2 Å². The van der Waals surface area contributed by atoms with Crippen molar-refractivity contribution in [2.24, 2.45) is 0 Å². The van der Waals surface area contributed by atoms with Gasteiger partial charge in [-0.25, -0.2) is 0 Å². The van der Waals surface area contributed by atoms with Crippen molar-refractivity contribution in [2.45, 2.75) is 39.0 Å². The molecule has 9 heteroatoms. The van der Waals surface area contributed by atoms with E-state index >= 15 is 0 Å². The molecule has 0 amide bonds. The maximum atomic E-state index is 11.4. The molecule has 0 rings (SSSR count). The van der Waals surface area contributed by atoms with Crippen molar-refractivity contribution < 1.29 is 42.7 Å². The largest absolute Gasteiger partial charge is 0.469 e. The van der Waals surface area contributed by atoms with Gasteiger partial charge in [0.05, 0.1) is 79.6 Å². The molecule has 0 radical (unpaired) electrons. The lowest BCUT2D eigenvalue weighted by atomic mass is 10.2. The lowest BCUT2D eigenvalue weighted by Crippen LogP contribution is -2.15. The number of rotatable bonds is 22. The Morgan fingerprint density at radius 1 is 0.552 bits per heavy atom. The fourth-order valence-corrected chi connectivity index (χ4v) is 2.05. The normalized spacial score (nSPS) is 10.8. The number of unbranched alkanes of at least 4 members (excludes halogenated alkanes) is 2. The molecule has 9 nitrogen and oxygen atoms in total. The van der Waals surface area contributed by atoms with Crippen LogP contribution in [0.1, 0.15) is 39.0 Å². The molecule has 0 aliphatic rings. The Labute approximate surface area is 174 Å². The molecule has 0 aromatic carbocycles. The molecule has 0 unspecified atom stereocenters. The Morgan fingerprint density at radius 3 is 1.45 bits per heavy atom. The number of hydrogen-bond donors (Lipinski definition) is 0. The van der Waals surface area contributed by atoms with Gasteiger partial charge in [-0.2, -0.15) is 0 Å². The highest BCUT2D eigenvalue weighted by molar-refractivity contribution is 5.69. The van der Waals surface area contributed by atoms with E-state index in [2.05, 4.69) is 11.7 Å². The molecule has 0 aliphatic heterocycles. The van der Waals surface area contributed by atoms with Crippen molar-refractivity contribution in [1.82, 2.24) is 0 Å². The maximum Gasteiger partial charge on any atom is 0.307 e. The van der Waals surface area contributed by atoms with Crippen LogP contribution in [-0.4, -0.2) is 91.7 Å². The number of carbonyl (C=O) groups is 2. The first-order valence-corrected chi connectivity index (χ1v) is 10.3. The van der Waals surface area contributed by atoms with Crippen LogP contribution in [0.2, 0.25) is 0 Å². The summed E-state index contributed by atoms with van der Waals surface area (Å²) >= 11 is 0. The lowest BCUT2D eigenvalue weighted by molar-refractivity contribution is -0.145. The van der Waals surface area contributed by atoms with Crippen LogP contribution in [-0.2, 0) is 42.7 Å². The predicted octanol–water partition coefficient (Wildman–Crippen LogP) is 1.76. The Bertz CT molecular complexity index is 377. The average Bonchev–Trinajstić information content (AvgIpc) is 2.72. The molecular formula is C20H38O9. The quantitative estimate of drug-likeness (QED) is 0.191. The molecule has 0 fully saturated rings. The molecule has 172 valence electrons. The van der Waals surface area contributed by atoms with Crippen molar-refractivity contribution >= 4 is 11.9 Å². The van der Waals surface area contributed by atoms with Crippen LogP contribution >= 0.6 is 0 Å². The van der Waals surface area contributed by atoms with Crippen LogP contribution in [0.3, 0.4) is 0 Å². The monoisotopic (exact) mass is 422 g/mol. The maximum absolute atomic E-state index is 11.4. The summed E-state index contributed by atoms with van der Waals surface area (Å²) in [6.45, 7) is 6.79. The van der Waals surface area contributed by atoms with Gasteiger partial charge in [0.2, 0.25) is 0 Å². The second-order valence-corrected chi connectivity index (χ2v) is 6.07. The molecule has 29 heavy (non-hydrogen) atoms. The minimum atomic E-state index is -0.285. The third-order valence-electron chi connectivity index (χ3n) is 3.64. The first kappa shape index (κ1) is 27.7. The van der Waals surface area contributed by atoms with E-state index in [1.165, 1.54) is 7.11 Å². The molecule has 0 N–H and O–H groups in total. The van der Waals surface area contributed by atoms with Gasteiger partial charge in [0.15, 0.2) is 0 Å². The molecule has 0 bridgehead atoms. The van der Waals surface area contributed by atoms with Gasteiger partial charge in [-0.15, -0.1) is 0 Å². The second-order valence-electron chi connectivity index (χ2n) is 6.07. The SMILES string of the molecule is CCCCCC(=O)OCCOCCOCCOCCOCCOCCC(=O)OC. The Kier molecular flexibility index (Phi) is 22.0. The summed E-state index contributed by atoms with van der Waals surface area (Å²) in [6.07, 6.45) is 3.75. The summed E-state index contributed by atoms with van der Waals surface area (Å²) in [5, 5.41) is 0. The fourth-order valence-electron chi connectivity index (χ4n) is 2.05. The van der Waals surface area contributed by atoms with E-state index in [1.807, 2.05) is 0 Å². The third-order valence-corrected chi connectivity index (χ3v) is 3.64. The van der Waals surface area contributed by atoms with Crippen molar-refractivity contribution in [3.8, 4) is 0 Å². The Morgan fingerprint density at radius 2 is 1.00 bits per heavy atom. The molecule has 0 aromatic heterocycles. The van der Waals surface area contributed by atoms with Gasteiger partial charge in [0, 0.05) is 6.42 Å². The van der Waals surface area contributed by atoms with Gasteiger partial charge in [-0.1, -0.05) is 19.8 Å². The summed E-state index contributed by atoms with van der Waals surface area (Å²) in [5.74, 6) is -0.447. The van der Waals surface area contributed by atoms with Gasteiger partial charge >= 0.3 is 11.9 Å². The van der Waals surface area contributed by atoms with E-state index in [-0.39, 0.29) is 25.0 Å². The molecule has 0 saturated carbocycles. The Balaban J connectivity index is 3.10. The van der Waals surface area contributed by atoms with Crippen LogP contribution in [0.5, 0.6) is 0 Å². The van der Waals surface area contributed by atoms with E-state index in [0.717, 1.165) is 19.3 Å². The number of hydrogen-bond acceptors (Lipinski definition) is 9. The summed E-state index contributed by atoms with van der Waals surface area (Å²) in [4.78, 5) is 22.2. The highest BCUT2D eigenvalue weighted by Crippen LogP contribution is 2.00. The van der Waals surface area contributed by atoms with Gasteiger partial charge in [-0.3, -0.25) is 9.59 Å². The van der Waals surface area contributed by atoms with Gasteiger partial charge in [-0.05, 0) is 6.42 Å². The molecule has 0 spiro atoms. The molecule has 0 heterocycles. The zero-order valence-electron chi connectivity index (χ0n) is 18.0. The number of ether oxygens (including phenoxy) is 7. The van der Waals surface area contributed by atoms with E-state index in [9.17, 15) is 9.59 Å². The van der Waals surface area contributed by atoms with Crippen LogP contribution in [0.15, 0.2) is 0 Å². The van der Waals surface area contributed by atoms with E-state index in [0.29, 0.717) is 72.5 Å². The molecule has 0 atom stereocenters. The van der Waals surface area contributed by atoms with Crippen molar-refractivity contribution in [3.05, 3.63) is 0 Å². The summed E-state index contributed by atoms with van der Waals surface area (Å²) in [7, 11) is 1.35. The highest BCUT2D eigenvalue weighted by atomic mass is 16.6. The Hall–Kier alpha value is -1.26. The number of esters is 2. The minimum absolute atomic E-state index is 0.162. The number of methoxy groups -OCH3 is 1. The number of carbonyl (C=O) groups excluding carboxylic acids is 2. The molecule has 0 aliphatic carbocycles. The summed E-state index contributed by atoms with van der Waals surface area (Å²) in [6, 6.07) is 0. The topological polar surface area (TPSA) is 98.8 Å². The third kappa shape index (κ3) is 22.9. The standard InChI is InChI=1S/C20H38O9/c1-3-4-5-6-20(22)29-18-17-28-16-15-27-14-13-26-12-11-25-10-9-24-8-7-19(21)23-2/h3-18H2,1-2H3. The van der Waals surface area contributed by atoms with E-state index in [4.69, 9.17) is 28.4 Å². The first-order chi connectivity index (χ1) is 14.2. The molecule has 0 saturated heterocycles. The second kappa shape index (κ2) is 23.0. The van der Waals surface area contributed by atoms with Crippen molar-refractivity contribution in [2.75, 3.05) is 79.8 Å². The summed E-state index contributed by atoms with van der Waals surface area (Å²) in [5.41, 5.74) is 0. The highest BCUT2D eigenvalue weighted by Gasteiger charge is 2.02. The van der Waals surface area contributed by atoms with E-state index in [1.54, 1.807) is 0 Å². The first-order valence-electron chi connectivity index (χ1n) is 10.3.